The summed E-state index contributed by atoms with van der Waals surface area (Å²) < 4.78 is 1.02. The van der Waals surface area contributed by atoms with Gasteiger partial charge in [0.15, 0.2) is 0 Å². The van der Waals surface area contributed by atoms with Gasteiger partial charge in [-0.3, -0.25) is 4.79 Å². The molecule has 102 valence electrons. The molecule has 0 saturated heterocycles. The van der Waals surface area contributed by atoms with Gasteiger partial charge in [-0.2, -0.15) is 0 Å². The molecule has 0 heterocycles. The van der Waals surface area contributed by atoms with Crippen LogP contribution in [0.5, 0.6) is 0 Å². The third-order valence-electron chi connectivity index (χ3n) is 3.70. The Morgan fingerprint density at radius 1 is 1.10 bits per heavy atom. The second-order valence-corrected chi connectivity index (χ2v) is 6.35. The van der Waals surface area contributed by atoms with Gasteiger partial charge >= 0.3 is 0 Å². The maximum Gasteiger partial charge on any atom is 0.235 e. The van der Waals surface area contributed by atoms with Crippen LogP contribution in [0.15, 0.2) is 53.0 Å². The Labute approximate surface area is 131 Å². The molecule has 1 saturated carbocycles. The van der Waals surface area contributed by atoms with Crippen molar-refractivity contribution in [2.45, 2.75) is 18.3 Å². The molecule has 4 heteroatoms. The Kier molecular flexibility index (Phi) is 3.57. The topological polar surface area (TPSA) is 29.1 Å². The zero-order valence-electron chi connectivity index (χ0n) is 10.7. The summed E-state index contributed by atoms with van der Waals surface area (Å²) in [6.07, 6.45) is 1.76. The van der Waals surface area contributed by atoms with Gasteiger partial charge in [0.1, 0.15) is 0 Å². The van der Waals surface area contributed by atoms with E-state index in [0.717, 1.165) is 22.9 Å². The summed E-state index contributed by atoms with van der Waals surface area (Å²) >= 11 is 9.50. The highest BCUT2D eigenvalue weighted by atomic mass is 79.9. The summed E-state index contributed by atoms with van der Waals surface area (Å²) in [7, 11) is 0. The quantitative estimate of drug-likeness (QED) is 0.848. The predicted molar refractivity (Wildman–Crippen MR) is 85.1 cm³/mol. The number of halogens is 2. The third kappa shape index (κ3) is 2.48. The van der Waals surface area contributed by atoms with Crippen LogP contribution in [-0.2, 0) is 10.2 Å². The minimum atomic E-state index is -0.389. The first kappa shape index (κ1) is 13.7. The SMILES string of the molecule is O=C(Nc1ccccc1Cl)C1(c2ccc(Br)cc2)CC1. The van der Waals surface area contributed by atoms with Gasteiger partial charge in [0.2, 0.25) is 5.91 Å². The molecule has 1 fully saturated rings. The number of rotatable bonds is 3. The van der Waals surface area contributed by atoms with Gasteiger partial charge in [-0.05, 0) is 42.7 Å². The molecule has 0 bridgehead atoms. The summed E-state index contributed by atoms with van der Waals surface area (Å²) in [5.74, 6) is 0.0212. The van der Waals surface area contributed by atoms with E-state index in [4.69, 9.17) is 11.6 Å². The van der Waals surface area contributed by atoms with Crippen LogP contribution in [0.25, 0.3) is 0 Å². The van der Waals surface area contributed by atoms with E-state index in [1.54, 1.807) is 6.07 Å². The lowest BCUT2D eigenvalue weighted by Crippen LogP contribution is -2.27. The molecular formula is C16H13BrClNO. The van der Waals surface area contributed by atoms with Gasteiger partial charge in [-0.1, -0.05) is 51.8 Å². The molecule has 1 aliphatic rings. The molecule has 1 aliphatic carbocycles. The molecule has 2 nitrogen and oxygen atoms in total. The normalized spacial score (nSPS) is 15.7. The zero-order chi connectivity index (χ0) is 14.2. The van der Waals surface area contributed by atoms with Gasteiger partial charge in [0, 0.05) is 4.47 Å². The van der Waals surface area contributed by atoms with Crippen molar-refractivity contribution in [3.63, 3.8) is 0 Å². The average Bonchev–Trinajstić information content (AvgIpc) is 3.24. The van der Waals surface area contributed by atoms with Gasteiger partial charge in [0.05, 0.1) is 16.1 Å². The monoisotopic (exact) mass is 349 g/mol. The fraction of sp³-hybridized carbons (Fsp3) is 0.188. The molecule has 1 amide bonds. The molecule has 1 N–H and O–H groups in total. The Morgan fingerprint density at radius 2 is 1.75 bits per heavy atom. The minimum Gasteiger partial charge on any atom is -0.324 e. The zero-order valence-corrected chi connectivity index (χ0v) is 13.0. The fourth-order valence-electron chi connectivity index (χ4n) is 2.35. The Bertz CT molecular complexity index is 650. The molecule has 0 spiro atoms. The van der Waals surface area contributed by atoms with E-state index in [-0.39, 0.29) is 11.3 Å². The number of carbonyl (C=O) groups is 1. The Hall–Kier alpha value is -1.32. The van der Waals surface area contributed by atoms with Crippen molar-refractivity contribution in [3.8, 4) is 0 Å². The maximum atomic E-state index is 12.6. The van der Waals surface area contributed by atoms with Crippen molar-refractivity contribution in [2.75, 3.05) is 5.32 Å². The van der Waals surface area contributed by atoms with Crippen molar-refractivity contribution in [3.05, 3.63) is 63.6 Å². The van der Waals surface area contributed by atoms with Crippen LogP contribution >= 0.6 is 27.5 Å². The van der Waals surface area contributed by atoms with Gasteiger partial charge in [0.25, 0.3) is 0 Å². The third-order valence-corrected chi connectivity index (χ3v) is 4.56. The molecule has 2 aromatic rings. The van der Waals surface area contributed by atoms with Crippen LogP contribution in [0.3, 0.4) is 0 Å². The van der Waals surface area contributed by atoms with E-state index in [0.29, 0.717) is 10.7 Å². The first-order chi connectivity index (χ1) is 9.62. The fourth-order valence-corrected chi connectivity index (χ4v) is 2.79. The Morgan fingerprint density at radius 3 is 2.35 bits per heavy atom. The number of amides is 1. The van der Waals surface area contributed by atoms with Crippen molar-refractivity contribution in [2.24, 2.45) is 0 Å². The lowest BCUT2D eigenvalue weighted by Gasteiger charge is -2.16. The van der Waals surface area contributed by atoms with Crippen LogP contribution in [0.1, 0.15) is 18.4 Å². The van der Waals surface area contributed by atoms with E-state index in [1.807, 2.05) is 42.5 Å². The lowest BCUT2D eigenvalue weighted by atomic mass is 9.95. The standard InChI is InChI=1S/C16H13BrClNO/c17-12-7-5-11(6-8-12)16(9-10-16)15(20)19-14-4-2-1-3-13(14)18/h1-8H,9-10H2,(H,19,20). The number of hydrogen-bond donors (Lipinski definition) is 1. The summed E-state index contributed by atoms with van der Waals surface area (Å²) in [5, 5.41) is 3.51. The highest BCUT2D eigenvalue weighted by Crippen LogP contribution is 2.49. The molecule has 2 aromatic carbocycles. The Balaban J connectivity index is 1.84. The van der Waals surface area contributed by atoms with E-state index < -0.39 is 0 Å². The van der Waals surface area contributed by atoms with Gasteiger partial charge < -0.3 is 5.32 Å². The number of carbonyl (C=O) groups excluding carboxylic acids is 1. The molecule has 20 heavy (non-hydrogen) atoms. The van der Waals surface area contributed by atoms with Crippen molar-refractivity contribution in [1.82, 2.24) is 0 Å². The molecule has 0 aromatic heterocycles. The summed E-state index contributed by atoms with van der Waals surface area (Å²) in [6.45, 7) is 0. The lowest BCUT2D eigenvalue weighted by molar-refractivity contribution is -0.118. The number of anilines is 1. The van der Waals surface area contributed by atoms with Crippen LogP contribution in [0.2, 0.25) is 5.02 Å². The van der Waals surface area contributed by atoms with Crippen LogP contribution in [0, 0.1) is 0 Å². The molecule has 0 aliphatic heterocycles. The second-order valence-electron chi connectivity index (χ2n) is 5.02. The van der Waals surface area contributed by atoms with Crippen molar-refractivity contribution in [1.29, 1.82) is 0 Å². The van der Waals surface area contributed by atoms with Crippen LogP contribution in [-0.4, -0.2) is 5.91 Å². The molecule has 0 radical (unpaired) electrons. The largest absolute Gasteiger partial charge is 0.324 e. The minimum absolute atomic E-state index is 0.0212. The average molecular weight is 351 g/mol. The van der Waals surface area contributed by atoms with Gasteiger partial charge in [-0.15, -0.1) is 0 Å². The summed E-state index contributed by atoms with van der Waals surface area (Å²) in [4.78, 5) is 12.6. The van der Waals surface area contributed by atoms with Gasteiger partial charge in [-0.25, -0.2) is 0 Å². The van der Waals surface area contributed by atoms with E-state index in [1.165, 1.54) is 0 Å². The first-order valence-corrected chi connectivity index (χ1v) is 7.61. The van der Waals surface area contributed by atoms with E-state index >= 15 is 0 Å². The van der Waals surface area contributed by atoms with Crippen molar-refractivity contribution >= 4 is 39.1 Å². The molecular weight excluding hydrogens is 338 g/mol. The van der Waals surface area contributed by atoms with Crippen molar-refractivity contribution < 1.29 is 4.79 Å². The number of para-hydroxylation sites is 1. The number of hydrogen-bond acceptors (Lipinski definition) is 1. The highest BCUT2D eigenvalue weighted by molar-refractivity contribution is 9.10. The smallest absolute Gasteiger partial charge is 0.235 e. The summed E-state index contributed by atoms with van der Waals surface area (Å²) in [5.41, 5.74) is 1.34. The van der Waals surface area contributed by atoms with Crippen LogP contribution in [0.4, 0.5) is 5.69 Å². The summed E-state index contributed by atoms with van der Waals surface area (Å²) in [6, 6.07) is 15.2. The highest BCUT2D eigenvalue weighted by Gasteiger charge is 2.51. The first-order valence-electron chi connectivity index (χ1n) is 6.44. The van der Waals surface area contributed by atoms with Crippen LogP contribution < -0.4 is 5.32 Å². The predicted octanol–water partition coefficient (Wildman–Crippen LogP) is 4.77. The molecule has 0 atom stereocenters. The maximum absolute atomic E-state index is 12.6. The van der Waals surface area contributed by atoms with E-state index in [9.17, 15) is 4.79 Å². The van der Waals surface area contributed by atoms with E-state index in [2.05, 4.69) is 21.2 Å². The molecule has 0 unspecified atom stereocenters. The molecule has 3 rings (SSSR count). The number of nitrogens with one attached hydrogen (secondary N) is 1. The second kappa shape index (κ2) is 5.23. The number of benzene rings is 2.